The van der Waals surface area contributed by atoms with E-state index in [1.165, 1.54) is 0 Å². The van der Waals surface area contributed by atoms with E-state index in [-0.39, 0.29) is 17.9 Å². The van der Waals surface area contributed by atoms with Crippen molar-refractivity contribution in [2.75, 3.05) is 12.4 Å². The van der Waals surface area contributed by atoms with E-state index in [2.05, 4.69) is 35.4 Å². The van der Waals surface area contributed by atoms with Gasteiger partial charge in [-0.25, -0.2) is 4.98 Å². The van der Waals surface area contributed by atoms with E-state index in [0.717, 1.165) is 44.5 Å². The Balaban J connectivity index is 1.32. The minimum Gasteiger partial charge on any atom is -0.497 e. The summed E-state index contributed by atoms with van der Waals surface area (Å²) in [5.74, 6) is 1.54. The lowest BCUT2D eigenvalue weighted by atomic mass is 9.79. The molecule has 0 radical (unpaired) electrons. The summed E-state index contributed by atoms with van der Waals surface area (Å²) in [4.78, 5) is 37.9. The Morgan fingerprint density at radius 1 is 1.07 bits per heavy atom. The lowest BCUT2D eigenvalue weighted by molar-refractivity contribution is -0.142. The predicted octanol–water partition coefficient (Wildman–Crippen LogP) is 5.76. The fourth-order valence-electron chi connectivity index (χ4n) is 6.11. The number of benzene rings is 2. The fourth-order valence-corrected chi connectivity index (χ4v) is 6.11. The normalized spacial score (nSPS) is 18.4. The van der Waals surface area contributed by atoms with Crippen LogP contribution in [0, 0.1) is 5.41 Å². The third-order valence-electron chi connectivity index (χ3n) is 8.35. The van der Waals surface area contributed by atoms with E-state index >= 15 is 0 Å². The van der Waals surface area contributed by atoms with Crippen LogP contribution in [0.2, 0.25) is 0 Å². The van der Waals surface area contributed by atoms with Gasteiger partial charge in [0, 0.05) is 35.3 Å². The molecule has 1 aliphatic heterocycles. The zero-order valence-corrected chi connectivity index (χ0v) is 23.6. The minimum absolute atomic E-state index is 0.0129. The van der Waals surface area contributed by atoms with Crippen molar-refractivity contribution in [3.8, 4) is 5.75 Å². The summed E-state index contributed by atoms with van der Waals surface area (Å²) in [5, 5.41) is 3.99. The standard InChI is InChI=1S/C33H34N4O3/c1-20(22-8-10-26(40-5)11-9-22)37(31(39)32(2,3)4)19-21-13-23-14-24-16-33(17-25(24)15-28(23)35-18-21)27-7-6-12-34-29(27)36-30(33)38/h6-15,18,20H,16-17,19H2,1-5H3,(H,34,36,38). The number of hydrogen-bond donors (Lipinski definition) is 1. The molecule has 6 rings (SSSR count). The summed E-state index contributed by atoms with van der Waals surface area (Å²) < 4.78 is 5.32. The van der Waals surface area contributed by atoms with Crippen LogP contribution in [-0.4, -0.2) is 33.8 Å². The number of nitrogens with one attached hydrogen (secondary N) is 1. The molecule has 40 heavy (non-hydrogen) atoms. The molecule has 1 N–H and O–H groups in total. The van der Waals surface area contributed by atoms with Crippen LogP contribution in [0.3, 0.4) is 0 Å². The van der Waals surface area contributed by atoms with Crippen molar-refractivity contribution >= 4 is 28.5 Å². The van der Waals surface area contributed by atoms with Crippen LogP contribution in [0.4, 0.5) is 5.82 Å². The zero-order chi connectivity index (χ0) is 28.2. The maximum absolute atomic E-state index is 13.6. The van der Waals surface area contributed by atoms with Crippen molar-refractivity contribution in [3.05, 3.63) is 94.8 Å². The molecule has 2 aromatic heterocycles. The smallest absolute Gasteiger partial charge is 0.237 e. The van der Waals surface area contributed by atoms with Crippen molar-refractivity contribution in [3.63, 3.8) is 0 Å². The molecule has 2 atom stereocenters. The first-order valence-corrected chi connectivity index (χ1v) is 13.7. The SMILES string of the molecule is COc1ccc(C(C)N(Cc2cnc3cc4c(cc3c2)CC2(C4)C(=O)Nc3ncccc32)C(=O)C(C)(C)C)cc1. The van der Waals surface area contributed by atoms with Crippen LogP contribution in [0.1, 0.15) is 61.6 Å². The number of ether oxygens (including phenoxy) is 1. The molecular formula is C33H34N4O3. The van der Waals surface area contributed by atoms with Gasteiger partial charge < -0.3 is 15.0 Å². The van der Waals surface area contributed by atoms with Crippen LogP contribution in [-0.2, 0) is 34.4 Å². The van der Waals surface area contributed by atoms with E-state index in [1.807, 2.05) is 68.3 Å². The molecule has 2 aromatic carbocycles. The highest BCUT2D eigenvalue weighted by Gasteiger charge is 2.51. The molecule has 2 amide bonds. The second-order valence-electron chi connectivity index (χ2n) is 12.1. The molecule has 7 heteroatoms. The molecular weight excluding hydrogens is 500 g/mol. The Hall–Kier alpha value is -4.26. The topological polar surface area (TPSA) is 84.4 Å². The third-order valence-corrected chi connectivity index (χ3v) is 8.35. The highest BCUT2D eigenvalue weighted by Crippen LogP contribution is 2.47. The van der Waals surface area contributed by atoms with Crippen molar-refractivity contribution in [1.29, 1.82) is 0 Å². The van der Waals surface area contributed by atoms with Crippen LogP contribution < -0.4 is 10.1 Å². The molecule has 2 aliphatic rings. The van der Waals surface area contributed by atoms with E-state index in [9.17, 15) is 9.59 Å². The Morgan fingerprint density at radius 2 is 1.80 bits per heavy atom. The molecule has 4 aromatic rings. The fraction of sp³-hybridized carbons (Fsp3) is 0.333. The number of rotatable bonds is 5. The highest BCUT2D eigenvalue weighted by molar-refractivity contribution is 6.06. The van der Waals surface area contributed by atoms with Gasteiger partial charge in [-0.3, -0.25) is 14.6 Å². The molecule has 1 aliphatic carbocycles. The van der Waals surface area contributed by atoms with Crippen LogP contribution in [0.15, 0.2) is 67.0 Å². The summed E-state index contributed by atoms with van der Waals surface area (Å²) >= 11 is 0. The number of anilines is 1. The Morgan fingerprint density at radius 3 is 2.50 bits per heavy atom. The number of methoxy groups -OCH3 is 1. The Labute approximate surface area is 234 Å². The largest absolute Gasteiger partial charge is 0.497 e. The number of carbonyl (C=O) groups excluding carboxylic acids is 2. The molecule has 204 valence electrons. The van der Waals surface area contributed by atoms with Crippen LogP contribution in [0.25, 0.3) is 10.9 Å². The third kappa shape index (κ3) is 4.30. The first kappa shape index (κ1) is 26.0. The number of amides is 2. The molecule has 0 saturated carbocycles. The second kappa shape index (κ2) is 9.44. The number of fused-ring (bicyclic) bond motifs is 4. The number of pyridine rings is 2. The summed E-state index contributed by atoms with van der Waals surface area (Å²) in [7, 11) is 1.65. The molecule has 2 unspecified atom stereocenters. The summed E-state index contributed by atoms with van der Waals surface area (Å²) in [6.07, 6.45) is 4.85. The van der Waals surface area contributed by atoms with Gasteiger partial charge in [-0.15, -0.1) is 0 Å². The summed E-state index contributed by atoms with van der Waals surface area (Å²) in [5.41, 5.74) is 5.03. The second-order valence-corrected chi connectivity index (χ2v) is 12.1. The van der Waals surface area contributed by atoms with Crippen molar-refractivity contribution in [2.45, 2.75) is 58.5 Å². The lowest BCUT2D eigenvalue weighted by Crippen LogP contribution is -2.40. The van der Waals surface area contributed by atoms with Crippen molar-refractivity contribution in [1.82, 2.24) is 14.9 Å². The summed E-state index contributed by atoms with van der Waals surface area (Å²) in [6.45, 7) is 8.36. The van der Waals surface area contributed by atoms with E-state index in [4.69, 9.17) is 9.72 Å². The summed E-state index contributed by atoms with van der Waals surface area (Å²) in [6, 6.07) is 18.0. The number of aromatic nitrogens is 2. The maximum Gasteiger partial charge on any atom is 0.237 e. The minimum atomic E-state index is -0.615. The van der Waals surface area contributed by atoms with E-state index < -0.39 is 10.8 Å². The van der Waals surface area contributed by atoms with Gasteiger partial charge in [0.2, 0.25) is 11.8 Å². The molecule has 7 nitrogen and oxygen atoms in total. The van der Waals surface area contributed by atoms with Gasteiger partial charge in [0.1, 0.15) is 11.6 Å². The van der Waals surface area contributed by atoms with Gasteiger partial charge in [0.05, 0.1) is 24.1 Å². The predicted molar refractivity (Wildman–Crippen MR) is 155 cm³/mol. The molecule has 1 spiro atoms. The zero-order valence-electron chi connectivity index (χ0n) is 23.6. The molecule has 3 heterocycles. The van der Waals surface area contributed by atoms with Gasteiger partial charge in [0.25, 0.3) is 0 Å². The van der Waals surface area contributed by atoms with Crippen molar-refractivity contribution < 1.29 is 14.3 Å². The highest BCUT2D eigenvalue weighted by atomic mass is 16.5. The average molecular weight is 535 g/mol. The van der Waals surface area contributed by atoms with Gasteiger partial charge in [-0.05, 0) is 78.4 Å². The first-order chi connectivity index (χ1) is 19.1. The first-order valence-electron chi connectivity index (χ1n) is 13.7. The lowest BCUT2D eigenvalue weighted by Gasteiger charge is -2.35. The number of carbonyl (C=O) groups is 2. The quantitative estimate of drug-likeness (QED) is 0.352. The maximum atomic E-state index is 13.6. The van der Waals surface area contributed by atoms with Gasteiger partial charge in [-0.1, -0.05) is 39.0 Å². The van der Waals surface area contributed by atoms with E-state index in [1.54, 1.807) is 13.3 Å². The van der Waals surface area contributed by atoms with E-state index in [0.29, 0.717) is 25.2 Å². The molecule has 0 saturated heterocycles. The molecule has 0 fully saturated rings. The number of nitrogens with zero attached hydrogens (tertiary/aromatic N) is 3. The Kier molecular flexibility index (Phi) is 6.13. The monoisotopic (exact) mass is 534 g/mol. The van der Waals surface area contributed by atoms with Crippen LogP contribution in [0.5, 0.6) is 5.75 Å². The number of hydrogen-bond acceptors (Lipinski definition) is 5. The van der Waals surface area contributed by atoms with Gasteiger partial charge in [0.15, 0.2) is 0 Å². The average Bonchev–Trinajstić information content (AvgIpc) is 3.45. The Bertz CT molecular complexity index is 1640. The van der Waals surface area contributed by atoms with Crippen molar-refractivity contribution in [2.24, 2.45) is 5.41 Å². The van der Waals surface area contributed by atoms with Gasteiger partial charge >= 0.3 is 0 Å². The van der Waals surface area contributed by atoms with Crippen LogP contribution >= 0.6 is 0 Å². The molecule has 0 bridgehead atoms. The van der Waals surface area contributed by atoms with Gasteiger partial charge in [-0.2, -0.15) is 0 Å².